The van der Waals surface area contributed by atoms with E-state index in [-0.39, 0.29) is 24.6 Å². The summed E-state index contributed by atoms with van der Waals surface area (Å²) in [4.78, 5) is 28.8. The molecule has 0 saturated heterocycles. The van der Waals surface area contributed by atoms with E-state index in [1.165, 1.54) is 11.0 Å². The highest BCUT2D eigenvalue weighted by Crippen LogP contribution is 2.26. The lowest BCUT2D eigenvalue weighted by Gasteiger charge is -2.33. The predicted molar refractivity (Wildman–Crippen MR) is 155 cm³/mol. The van der Waals surface area contributed by atoms with E-state index in [0.717, 1.165) is 27.3 Å². The fraction of sp³-hybridized carbons (Fsp3) is 0.310. The predicted octanol–water partition coefficient (Wildman–Crippen LogP) is 4.20. The van der Waals surface area contributed by atoms with Gasteiger partial charge in [0, 0.05) is 24.5 Å². The van der Waals surface area contributed by atoms with Gasteiger partial charge >= 0.3 is 0 Å². The fourth-order valence-corrected chi connectivity index (χ4v) is 5.18. The summed E-state index contributed by atoms with van der Waals surface area (Å²) < 4.78 is 32.0. The Morgan fingerprint density at radius 1 is 1.00 bits per heavy atom. The third-order valence-corrected chi connectivity index (χ3v) is 7.78. The van der Waals surface area contributed by atoms with Crippen LogP contribution in [-0.4, -0.2) is 57.6 Å². The number of carbonyl (C=O) groups excluding carboxylic acids is 2. The molecule has 1 N–H and O–H groups in total. The summed E-state index contributed by atoms with van der Waals surface area (Å²) in [5, 5.41) is 3.21. The molecular weight excluding hydrogens is 538 g/mol. The maximum Gasteiger partial charge on any atom is 0.244 e. The van der Waals surface area contributed by atoms with Crippen LogP contribution in [0.15, 0.2) is 72.8 Å². The van der Waals surface area contributed by atoms with E-state index in [0.29, 0.717) is 17.3 Å². The fourth-order valence-electron chi connectivity index (χ4n) is 4.16. The number of nitrogens with one attached hydrogen (secondary N) is 1. The Bertz CT molecular complexity index is 1400. The molecule has 2 amide bonds. The number of hydrogen-bond acceptors (Lipinski definition) is 5. The smallest absolute Gasteiger partial charge is 0.244 e. The van der Waals surface area contributed by atoms with Crippen molar-refractivity contribution in [3.05, 3.63) is 94.5 Å². The number of hydrogen-bond donors (Lipinski definition) is 1. The molecule has 3 rings (SSSR count). The van der Waals surface area contributed by atoms with Gasteiger partial charge in [-0.3, -0.25) is 13.9 Å². The number of likely N-dealkylation sites (N-methyl/N-ethyl adjacent to an activating group) is 1. The number of amides is 2. The average Bonchev–Trinajstić information content (AvgIpc) is 2.91. The molecular formula is C29H34ClN3O5S. The van der Waals surface area contributed by atoms with E-state index in [4.69, 9.17) is 16.3 Å². The van der Waals surface area contributed by atoms with Gasteiger partial charge in [-0.1, -0.05) is 60.1 Å². The summed E-state index contributed by atoms with van der Waals surface area (Å²) in [5.74, 6) is -0.265. The van der Waals surface area contributed by atoms with Gasteiger partial charge in [0.2, 0.25) is 21.8 Å². The Morgan fingerprint density at radius 3 is 2.31 bits per heavy atom. The van der Waals surface area contributed by atoms with Crippen molar-refractivity contribution in [3.8, 4) is 5.75 Å². The highest BCUT2D eigenvalue weighted by molar-refractivity contribution is 7.92. The number of halogens is 1. The first kappa shape index (κ1) is 30.0. The second kappa shape index (κ2) is 13.5. The normalized spacial score (nSPS) is 11.9. The first-order valence-electron chi connectivity index (χ1n) is 12.5. The Morgan fingerprint density at radius 2 is 1.69 bits per heavy atom. The zero-order valence-corrected chi connectivity index (χ0v) is 24.1. The van der Waals surface area contributed by atoms with Gasteiger partial charge in [0.15, 0.2) is 0 Å². The van der Waals surface area contributed by atoms with Crippen LogP contribution in [0.3, 0.4) is 0 Å². The summed E-state index contributed by atoms with van der Waals surface area (Å²) in [6, 6.07) is 20.5. The van der Waals surface area contributed by atoms with Crippen molar-refractivity contribution in [2.24, 2.45) is 0 Å². The van der Waals surface area contributed by atoms with Crippen molar-refractivity contribution in [3.63, 3.8) is 0 Å². The van der Waals surface area contributed by atoms with Crippen LogP contribution in [0.25, 0.3) is 0 Å². The van der Waals surface area contributed by atoms with E-state index in [1.54, 1.807) is 51.3 Å². The van der Waals surface area contributed by atoms with Crippen LogP contribution in [0.4, 0.5) is 5.69 Å². The third kappa shape index (κ3) is 8.21. The third-order valence-electron chi connectivity index (χ3n) is 6.23. The monoisotopic (exact) mass is 571 g/mol. The summed E-state index contributed by atoms with van der Waals surface area (Å²) in [6.45, 7) is 3.54. The molecule has 208 valence electrons. The van der Waals surface area contributed by atoms with Crippen molar-refractivity contribution in [2.45, 2.75) is 32.9 Å². The molecule has 0 bridgehead atoms. The molecule has 0 saturated carbocycles. The highest BCUT2D eigenvalue weighted by Gasteiger charge is 2.33. The van der Waals surface area contributed by atoms with Gasteiger partial charge in [-0.2, -0.15) is 0 Å². The van der Waals surface area contributed by atoms with Crippen molar-refractivity contribution in [1.29, 1.82) is 0 Å². The van der Waals surface area contributed by atoms with E-state index >= 15 is 0 Å². The molecule has 8 nitrogen and oxygen atoms in total. The van der Waals surface area contributed by atoms with Crippen LogP contribution >= 0.6 is 11.6 Å². The second-order valence-electron chi connectivity index (χ2n) is 9.18. The van der Waals surface area contributed by atoms with Crippen molar-refractivity contribution >= 4 is 39.1 Å². The van der Waals surface area contributed by atoms with Crippen LogP contribution in [0, 0.1) is 6.92 Å². The van der Waals surface area contributed by atoms with Gasteiger partial charge < -0.3 is 15.0 Å². The standard InChI is InChI=1S/C29H34ClN3O5S/c1-5-31-29(35)27(17-22-10-7-6-8-11-22)32(19-23-12-9-13-25(16-23)38-3)28(34)20-33(39(4,36)37)24-15-14-21(2)26(30)18-24/h6-16,18,27H,5,17,19-20H2,1-4H3,(H,31,35). The number of anilines is 1. The SMILES string of the molecule is CCNC(=O)C(Cc1ccccc1)N(Cc1cccc(OC)c1)C(=O)CN(c1ccc(C)c(Cl)c1)S(C)(=O)=O. The Kier molecular flexibility index (Phi) is 10.4. The van der Waals surface area contributed by atoms with Gasteiger partial charge in [0.05, 0.1) is 19.1 Å². The number of sulfonamides is 1. The van der Waals surface area contributed by atoms with Crippen LogP contribution in [-0.2, 0) is 32.6 Å². The Labute approximate surface area is 235 Å². The molecule has 0 heterocycles. The maximum absolute atomic E-state index is 14.0. The van der Waals surface area contributed by atoms with E-state index in [2.05, 4.69) is 5.32 Å². The molecule has 39 heavy (non-hydrogen) atoms. The average molecular weight is 572 g/mol. The molecule has 1 unspecified atom stereocenters. The number of rotatable bonds is 12. The van der Waals surface area contributed by atoms with Gasteiger partial charge in [-0.15, -0.1) is 0 Å². The van der Waals surface area contributed by atoms with Gasteiger partial charge in [-0.05, 0) is 54.8 Å². The van der Waals surface area contributed by atoms with Gasteiger partial charge in [-0.25, -0.2) is 8.42 Å². The minimum atomic E-state index is -3.87. The molecule has 3 aromatic carbocycles. The number of ether oxygens (including phenoxy) is 1. The minimum Gasteiger partial charge on any atom is -0.497 e. The molecule has 1 atom stereocenters. The molecule has 0 fully saturated rings. The first-order chi connectivity index (χ1) is 18.5. The lowest BCUT2D eigenvalue weighted by molar-refractivity contribution is -0.140. The van der Waals surface area contributed by atoms with E-state index in [9.17, 15) is 18.0 Å². The van der Waals surface area contributed by atoms with Crippen LogP contribution in [0.2, 0.25) is 5.02 Å². The van der Waals surface area contributed by atoms with E-state index in [1.807, 2.05) is 36.4 Å². The molecule has 0 spiro atoms. The molecule has 0 aromatic heterocycles. The van der Waals surface area contributed by atoms with Crippen molar-refractivity contribution in [2.75, 3.05) is 30.8 Å². The lowest BCUT2D eigenvalue weighted by atomic mass is 10.0. The quantitative estimate of drug-likeness (QED) is 0.351. The summed E-state index contributed by atoms with van der Waals surface area (Å²) in [7, 11) is -2.32. The van der Waals surface area contributed by atoms with Crippen LogP contribution in [0.1, 0.15) is 23.6 Å². The molecule has 0 aliphatic rings. The van der Waals surface area contributed by atoms with Gasteiger partial charge in [0.25, 0.3) is 0 Å². The Balaban J connectivity index is 2.06. The Hall–Kier alpha value is -3.56. The zero-order valence-electron chi connectivity index (χ0n) is 22.6. The summed E-state index contributed by atoms with van der Waals surface area (Å²) in [5.41, 5.74) is 2.64. The number of benzene rings is 3. The number of methoxy groups -OCH3 is 1. The number of carbonyl (C=O) groups is 2. The van der Waals surface area contributed by atoms with Crippen molar-refractivity contribution in [1.82, 2.24) is 10.2 Å². The largest absolute Gasteiger partial charge is 0.497 e. The highest BCUT2D eigenvalue weighted by atomic mass is 35.5. The molecule has 0 radical (unpaired) electrons. The number of nitrogens with zero attached hydrogens (tertiary/aromatic N) is 2. The van der Waals surface area contributed by atoms with Crippen LogP contribution < -0.4 is 14.4 Å². The van der Waals surface area contributed by atoms with Gasteiger partial charge in [0.1, 0.15) is 18.3 Å². The second-order valence-corrected chi connectivity index (χ2v) is 11.5. The molecule has 3 aromatic rings. The summed E-state index contributed by atoms with van der Waals surface area (Å²) >= 11 is 6.28. The number of aryl methyl sites for hydroxylation is 1. The van der Waals surface area contributed by atoms with Crippen LogP contribution in [0.5, 0.6) is 5.75 Å². The topological polar surface area (TPSA) is 96.0 Å². The minimum absolute atomic E-state index is 0.0664. The lowest BCUT2D eigenvalue weighted by Crippen LogP contribution is -2.53. The molecule has 10 heteroatoms. The van der Waals surface area contributed by atoms with Crippen molar-refractivity contribution < 1.29 is 22.7 Å². The first-order valence-corrected chi connectivity index (χ1v) is 14.7. The van der Waals surface area contributed by atoms with E-state index < -0.39 is 28.5 Å². The molecule has 0 aliphatic carbocycles. The summed E-state index contributed by atoms with van der Waals surface area (Å²) in [6.07, 6.45) is 1.28. The zero-order chi connectivity index (χ0) is 28.6. The molecule has 0 aliphatic heterocycles. The maximum atomic E-state index is 14.0.